The highest BCUT2D eigenvalue weighted by molar-refractivity contribution is 5.45. The molecule has 0 bridgehead atoms. The van der Waals surface area contributed by atoms with Gasteiger partial charge in [0.05, 0.1) is 0 Å². The lowest BCUT2D eigenvalue weighted by Gasteiger charge is -2.24. The quantitative estimate of drug-likeness (QED) is 0.840. The molecule has 0 atom stereocenters. The molecule has 1 aliphatic rings. The first kappa shape index (κ1) is 15.3. The minimum Gasteiger partial charge on any atom is -0.487 e. The van der Waals surface area contributed by atoms with Gasteiger partial charge in [0.1, 0.15) is 11.4 Å². The molecule has 1 aromatic carbocycles. The second kappa shape index (κ2) is 5.74. The molecule has 0 aromatic heterocycles. The van der Waals surface area contributed by atoms with Crippen LogP contribution in [-0.4, -0.2) is 23.9 Å². The minimum atomic E-state index is -0.0887. The Bertz CT molecular complexity index is 466. The third-order valence-corrected chi connectivity index (χ3v) is 3.88. The van der Waals surface area contributed by atoms with Gasteiger partial charge in [-0.1, -0.05) is 32.0 Å². The van der Waals surface area contributed by atoms with Gasteiger partial charge in [0, 0.05) is 31.7 Å². The topological polar surface area (TPSA) is 41.5 Å². The number of hydrogen-bond donors (Lipinski definition) is 2. The monoisotopic (exact) mass is 277 g/mol. The molecule has 1 aromatic rings. The molecule has 20 heavy (non-hydrogen) atoms. The molecule has 0 fully saturated rings. The van der Waals surface area contributed by atoms with Crippen molar-refractivity contribution in [1.82, 2.24) is 5.32 Å². The largest absolute Gasteiger partial charge is 0.487 e. The molecule has 0 aliphatic carbocycles. The maximum Gasteiger partial charge on any atom is 0.127 e. The summed E-state index contributed by atoms with van der Waals surface area (Å²) in [4.78, 5) is 0. The standard InChI is InChI=1S/C17H27NO2/c1-16(2,8-9-19)12-18-11-14-7-5-6-13-10-17(3,4)20-15(13)14/h5-7,18-19H,8-12H2,1-4H3. The zero-order valence-corrected chi connectivity index (χ0v) is 13.1. The smallest absolute Gasteiger partial charge is 0.127 e. The van der Waals surface area contributed by atoms with Gasteiger partial charge in [-0.15, -0.1) is 0 Å². The van der Waals surface area contributed by atoms with Crippen LogP contribution in [0.2, 0.25) is 0 Å². The summed E-state index contributed by atoms with van der Waals surface area (Å²) in [5.74, 6) is 1.06. The summed E-state index contributed by atoms with van der Waals surface area (Å²) in [7, 11) is 0. The predicted molar refractivity (Wildman–Crippen MR) is 82.0 cm³/mol. The summed E-state index contributed by atoms with van der Waals surface area (Å²) in [6.07, 6.45) is 1.79. The van der Waals surface area contributed by atoms with E-state index in [1.807, 2.05) is 0 Å². The van der Waals surface area contributed by atoms with Crippen molar-refractivity contribution in [3.8, 4) is 5.75 Å². The van der Waals surface area contributed by atoms with Crippen molar-refractivity contribution in [3.05, 3.63) is 29.3 Å². The van der Waals surface area contributed by atoms with Crippen molar-refractivity contribution in [2.24, 2.45) is 5.41 Å². The Hall–Kier alpha value is -1.06. The third kappa shape index (κ3) is 3.74. The van der Waals surface area contributed by atoms with Gasteiger partial charge in [0.2, 0.25) is 0 Å². The van der Waals surface area contributed by atoms with Gasteiger partial charge in [-0.25, -0.2) is 0 Å². The molecule has 0 unspecified atom stereocenters. The molecule has 0 amide bonds. The van der Waals surface area contributed by atoms with E-state index in [1.165, 1.54) is 11.1 Å². The number of rotatable bonds is 6. The minimum absolute atomic E-state index is 0.0887. The summed E-state index contributed by atoms with van der Waals surface area (Å²) in [6.45, 7) is 10.6. The molecule has 0 saturated carbocycles. The number of fused-ring (bicyclic) bond motifs is 1. The van der Waals surface area contributed by atoms with Crippen LogP contribution in [0.15, 0.2) is 18.2 Å². The first-order chi connectivity index (χ1) is 9.33. The van der Waals surface area contributed by atoms with E-state index in [0.29, 0.717) is 0 Å². The molecular formula is C17H27NO2. The fourth-order valence-corrected chi connectivity index (χ4v) is 2.75. The Morgan fingerprint density at radius 2 is 2.10 bits per heavy atom. The fraction of sp³-hybridized carbons (Fsp3) is 0.647. The van der Waals surface area contributed by atoms with Crippen LogP contribution in [0.1, 0.15) is 45.2 Å². The second-order valence-electron chi connectivity index (χ2n) is 7.19. The highest BCUT2D eigenvalue weighted by Crippen LogP contribution is 2.37. The summed E-state index contributed by atoms with van der Waals surface area (Å²) >= 11 is 0. The average molecular weight is 277 g/mol. The molecule has 3 heteroatoms. The summed E-state index contributed by atoms with van der Waals surface area (Å²) < 4.78 is 6.08. The Balaban J connectivity index is 1.97. The summed E-state index contributed by atoms with van der Waals surface area (Å²) in [5, 5.41) is 12.5. The highest BCUT2D eigenvalue weighted by atomic mass is 16.5. The van der Waals surface area contributed by atoms with E-state index in [4.69, 9.17) is 9.84 Å². The molecule has 3 nitrogen and oxygen atoms in total. The molecule has 1 aliphatic heterocycles. The van der Waals surface area contributed by atoms with E-state index in [0.717, 1.165) is 31.7 Å². The van der Waals surface area contributed by atoms with E-state index in [2.05, 4.69) is 51.2 Å². The number of nitrogens with one attached hydrogen (secondary N) is 1. The maximum absolute atomic E-state index is 9.05. The van der Waals surface area contributed by atoms with Crippen LogP contribution in [0, 0.1) is 5.41 Å². The first-order valence-corrected chi connectivity index (χ1v) is 7.44. The van der Waals surface area contributed by atoms with E-state index in [9.17, 15) is 0 Å². The zero-order valence-electron chi connectivity index (χ0n) is 13.1. The molecule has 0 saturated heterocycles. The number of hydrogen-bond acceptors (Lipinski definition) is 3. The Morgan fingerprint density at radius 3 is 2.80 bits per heavy atom. The molecule has 2 rings (SSSR count). The van der Waals surface area contributed by atoms with Gasteiger partial charge in [-0.2, -0.15) is 0 Å². The van der Waals surface area contributed by atoms with Crippen molar-refractivity contribution < 1.29 is 9.84 Å². The fourth-order valence-electron chi connectivity index (χ4n) is 2.75. The Labute approximate surface area is 122 Å². The van der Waals surface area contributed by atoms with E-state index in [-0.39, 0.29) is 17.6 Å². The van der Waals surface area contributed by atoms with E-state index >= 15 is 0 Å². The van der Waals surface area contributed by atoms with Crippen LogP contribution in [0.4, 0.5) is 0 Å². The van der Waals surface area contributed by atoms with Gasteiger partial charge >= 0.3 is 0 Å². The number of benzene rings is 1. The van der Waals surface area contributed by atoms with Crippen molar-refractivity contribution in [2.75, 3.05) is 13.2 Å². The van der Waals surface area contributed by atoms with E-state index in [1.54, 1.807) is 0 Å². The van der Waals surface area contributed by atoms with Crippen molar-refractivity contribution in [2.45, 2.75) is 52.7 Å². The van der Waals surface area contributed by atoms with Gasteiger partial charge in [-0.3, -0.25) is 0 Å². The molecular weight excluding hydrogens is 250 g/mol. The molecule has 2 N–H and O–H groups in total. The van der Waals surface area contributed by atoms with Crippen LogP contribution in [0.25, 0.3) is 0 Å². The lowest BCUT2D eigenvalue weighted by Crippen LogP contribution is -2.30. The number of aliphatic hydroxyl groups is 1. The average Bonchev–Trinajstić information content (AvgIpc) is 2.63. The number of ether oxygens (including phenoxy) is 1. The van der Waals surface area contributed by atoms with Crippen LogP contribution < -0.4 is 10.1 Å². The van der Waals surface area contributed by atoms with Crippen molar-refractivity contribution in [3.63, 3.8) is 0 Å². The molecule has 0 spiro atoms. The maximum atomic E-state index is 9.05. The second-order valence-corrected chi connectivity index (χ2v) is 7.19. The predicted octanol–water partition coefficient (Wildman–Crippen LogP) is 2.90. The normalized spacial score (nSPS) is 16.9. The Morgan fingerprint density at radius 1 is 1.35 bits per heavy atom. The molecule has 1 heterocycles. The van der Waals surface area contributed by atoms with Crippen LogP contribution in [-0.2, 0) is 13.0 Å². The molecule has 112 valence electrons. The Kier molecular flexibility index (Phi) is 4.40. The highest BCUT2D eigenvalue weighted by Gasteiger charge is 2.31. The van der Waals surface area contributed by atoms with Gasteiger partial charge < -0.3 is 15.2 Å². The first-order valence-electron chi connectivity index (χ1n) is 7.44. The van der Waals surface area contributed by atoms with Crippen molar-refractivity contribution in [1.29, 1.82) is 0 Å². The van der Waals surface area contributed by atoms with Crippen LogP contribution in [0.3, 0.4) is 0 Å². The summed E-state index contributed by atoms with van der Waals surface area (Å²) in [5.41, 5.74) is 2.57. The lowest BCUT2D eigenvalue weighted by molar-refractivity contribution is 0.137. The number of para-hydroxylation sites is 1. The van der Waals surface area contributed by atoms with Gasteiger partial charge in [0.25, 0.3) is 0 Å². The SMILES string of the molecule is CC(C)(CCO)CNCc1cccc2c1OC(C)(C)C2. The molecule has 0 radical (unpaired) electrons. The number of aliphatic hydroxyl groups excluding tert-OH is 1. The van der Waals surface area contributed by atoms with E-state index < -0.39 is 0 Å². The van der Waals surface area contributed by atoms with Gasteiger partial charge in [-0.05, 0) is 31.2 Å². The van der Waals surface area contributed by atoms with Crippen LogP contribution in [0.5, 0.6) is 5.75 Å². The third-order valence-electron chi connectivity index (χ3n) is 3.88. The van der Waals surface area contributed by atoms with Crippen molar-refractivity contribution >= 4 is 0 Å². The van der Waals surface area contributed by atoms with Gasteiger partial charge in [0.15, 0.2) is 0 Å². The lowest BCUT2D eigenvalue weighted by atomic mass is 9.89. The van der Waals surface area contributed by atoms with Crippen LogP contribution >= 0.6 is 0 Å². The zero-order chi connectivity index (χ0) is 14.8. The summed E-state index contributed by atoms with van der Waals surface area (Å²) in [6, 6.07) is 6.40.